The summed E-state index contributed by atoms with van der Waals surface area (Å²) in [5.74, 6) is 1.33. The fraction of sp³-hybridized carbons (Fsp3) is 0.238. The Kier molecular flexibility index (Phi) is 5.82. The van der Waals surface area contributed by atoms with Crippen LogP contribution in [0.15, 0.2) is 57.3 Å². The summed E-state index contributed by atoms with van der Waals surface area (Å²) in [5.41, 5.74) is 1.40. The molecule has 0 radical (unpaired) electrons. The molecular formula is C21H20ClN3O3S. The van der Waals surface area contributed by atoms with Crippen molar-refractivity contribution >= 4 is 33.2 Å². The first-order chi connectivity index (χ1) is 14.0. The van der Waals surface area contributed by atoms with Crippen LogP contribution in [0.4, 0.5) is 0 Å². The SMILES string of the molecule is CC(O)CN(Cc1nc2scc(-c3ccccc3Cl)c2c(=O)[nH]1)Cc1ccco1. The number of halogens is 1. The monoisotopic (exact) mass is 429 g/mol. The number of nitrogens with one attached hydrogen (secondary N) is 1. The van der Waals surface area contributed by atoms with Crippen molar-refractivity contribution in [3.63, 3.8) is 0 Å². The van der Waals surface area contributed by atoms with Crippen molar-refractivity contribution < 1.29 is 9.52 Å². The molecule has 4 rings (SSSR count). The summed E-state index contributed by atoms with van der Waals surface area (Å²) in [6.45, 7) is 3.05. The number of aromatic nitrogens is 2. The third kappa shape index (κ3) is 4.43. The molecule has 0 spiro atoms. The van der Waals surface area contributed by atoms with Crippen LogP contribution in [0, 0.1) is 0 Å². The summed E-state index contributed by atoms with van der Waals surface area (Å²) in [6, 6.07) is 11.2. The lowest BCUT2D eigenvalue weighted by Gasteiger charge is -2.22. The molecule has 150 valence electrons. The Hall–Kier alpha value is -2.45. The molecule has 3 aromatic heterocycles. The number of rotatable bonds is 7. The lowest BCUT2D eigenvalue weighted by atomic mass is 10.1. The smallest absolute Gasteiger partial charge is 0.260 e. The number of hydrogen-bond donors (Lipinski definition) is 2. The Labute approximate surface area is 176 Å². The van der Waals surface area contributed by atoms with E-state index in [0.717, 1.165) is 16.9 Å². The van der Waals surface area contributed by atoms with Crippen molar-refractivity contribution in [3.8, 4) is 11.1 Å². The molecule has 0 aliphatic rings. The molecule has 0 saturated heterocycles. The molecule has 0 amide bonds. The van der Waals surface area contributed by atoms with Gasteiger partial charge in [0.2, 0.25) is 0 Å². The van der Waals surface area contributed by atoms with Gasteiger partial charge < -0.3 is 14.5 Å². The van der Waals surface area contributed by atoms with Crippen LogP contribution in [0.2, 0.25) is 5.02 Å². The minimum Gasteiger partial charge on any atom is -0.468 e. The van der Waals surface area contributed by atoms with Gasteiger partial charge in [-0.3, -0.25) is 9.69 Å². The van der Waals surface area contributed by atoms with Crippen molar-refractivity contribution in [2.45, 2.75) is 26.1 Å². The van der Waals surface area contributed by atoms with Gasteiger partial charge in [-0.1, -0.05) is 29.8 Å². The second kappa shape index (κ2) is 8.51. The number of nitrogens with zero attached hydrogens (tertiary/aromatic N) is 2. The average Bonchev–Trinajstić information content (AvgIpc) is 3.31. The third-order valence-corrected chi connectivity index (χ3v) is 5.71. The van der Waals surface area contributed by atoms with E-state index in [1.807, 2.05) is 40.6 Å². The molecule has 0 saturated carbocycles. The van der Waals surface area contributed by atoms with E-state index in [-0.39, 0.29) is 5.56 Å². The highest BCUT2D eigenvalue weighted by atomic mass is 35.5. The van der Waals surface area contributed by atoms with Crippen molar-refractivity contribution in [2.75, 3.05) is 6.54 Å². The highest BCUT2D eigenvalue weighted by Crippen LogP contribution is 2.34. The van der Waals surface area contributed by atoms with Gasteiger partial charge >= 0.3 is 0 Å². The van der Waals surface area contributed by atoms with Crippen LogP contribution in [0.25, 0.3) is 21.3 Å². The van der Waals surface area contributed by atoms with E-state index in [1.54, 1.807) is 19.3 Å². The summed E-state index contributed by atoms with van der Waals surface area (Å²) in [5, 5.41) is 12.9. The van der Waals surface area contributed by atoms with Crippen LogP contribution in [0.1, 0.15) is 18.5 Å². The van der Waals surface area contributed by atoms with E-state index in [2.05, 4.69) is 9.97 Å². The molecular weight excluding hydrogens is 410 g/mol. The van der Waals surface area contributed by atoms with Gasteiger partial charge in [-0.05, 0) is 25.1 Å². The number of aliphatic hydroxyl groups is 1. The van der Waals surface area contributed by atoms with E-state index in [9.17, 15) is 9.90 Å². The average molecular weight is 430 g/mol. The summed E-state index contributed by atoms with van der Waals surface area (Å²) < 4.78 is 5.41. The standard InChI is InChI=1S/C21H20ClN3O3S/c1-13(26)9-25(10-14-5-4-8-28-14)11-18-23-20(27)19-16(12-29-21(19)24-18)15-6-2-3-7-17(15)22/h2-8,12-13,26H,9-11H2,1H3,(H,23,24,27). The molecule has 4 aromatic rings. The molecule has 6 nitrogen and oxygen atoms in total. The van der Waals surface area contributed by atoms with E-state index in [0.29, 0.717) is 40.7 Å². The third-order valence-electron chi connectivity index (χ3n) is 4.51. The Bertz CT molecular complexity index is 1170. The Morgan fingerprint density at radius 1 is 1.24 bits per heavy atom. The van der Waals surface area contributed by atoms with E-state index in [4.69, 9.17) is 16.0 Å². The van der Waals surface area contributed by atoms with Crippen LogP contribution in [-0.2, 0) is 13.1 Å². The molecule has 0 fully saturated rings. The summed E-state index contributed by atoms with van der Waals surface area (Å²) in [7, 11) is 0. The van der Waals surface area contributed by atoms with E-state index < -0.39 is 6.10 Å². The molecule has 0 aliphatic heterocycles. The molecule has 1 aromatic carbocycles. The van der Waals surface area contributed by atoms with Gasteiger partial charge in [0.1, 0.15) is 16.4 Å². The fourth-order valence-electron chi connectivity index (χ4n) is 3.34. The van der Waals surface area contributed by atoms with Crippen LogP contribution in [0.5, 0.6) is 0 Å². The Morgan fingerprint density at radius 3 is 2.79 bits per heavy atom. The van der Waals surface area contributed by atoms with Crippen LogP contribution in [0.3, 0.4) is 0 Å². The first-order valence-corrected chi connectivity index (χ1v) is 10.4. The number of benzene rings is 1. The number of H-pyrrole nitrogens is 1. The first kappa shape index (κ1) is 19.8. The molecule has 29 heavy (non-hydrogen) atoms. The maximum Gasteiger partial charge on any atom is 0.260 e. The molecule has 8 heteroatoms. The van der Waals surface area contributed by atoms with Crippen LogP contribution < -0.4 is 5.56 Å². The van der Waals surface area contributed by atoms with Gasteiger partial charge in [0.15, 0.2) is 0 Å². The lowest BCUT2D eigenvalue weighted by molar-refractivity contribution is 0.111. The second-order valence-corrected chi connectivity index (χ2v) is 8.19. The number of aliphatic hydroxyl groups excluding tert-OH is 1. The molecule has 0 aliphatic carbocycles. The van der Waals surface area contributed by atoms with Crippen molar-refractivity contribution in [2.24, 2.45) is 0 Å². The van der Waals surface area contributed by atoms with Gasteiger partial charge in [-0.2, -0.15) is 0 Å². The highest BCUT2D eigenvalue weighted by molar-refractivity contribution is 7.17. The van der Waals surface area contributed by atoms with Crippen molar-refractivity contribution in [1.29, 1.82) is 0 Å². The first-order valence-electron chi connectivity index (χ1n) is 9.19. The zero-order valence-corrected chi connectivity index (χ0v) is 17.3. The predicted octanol–water partition coefficient (Wildman–Crippen LogP) is 4.28. The second-order valence-electron chi connectivity index (χ2n) is 6.92. The van der Waals surface area contributed by atoms with Gasteiger partial charge in [-0.25, -0.2) is 4.98 Å². The minimum absolute atomic E-state index is 0.198. The molecule has 2 N–H and O–H groups in total. The minimum atomic E-state index is -0.519. The number of thiophene rings is 1. The summed E-state index contributed by atoms with van der Waals surface area (Å²) >= 11 is 7.73. The zero-order chi connectivity index (χ0) is 20.4. The summed E-state index contributed by atoms with van der Waals surface area (Å²) in [4.78, 5) is 23.1. The summed E-state index contributed by atoms with van der Waals surface area (Å²) in [6.07, 6.45) is 1.10. The number of furan rings is 1. The lowest BCUT2D eigenvalue weighted by Crippen LogP contribution is -2.31. The van der Waals surface area contributed by atoms with Gasteiger partial charge in [0.25, 0.3) is 5.56 Å². The van der Waals surface area contributed by atoms with E-state index in [1.165, 1.54) is 11.3 Å². The number of aromatic amines is 1. The van der Waals surface area contributed by atoms with E-state index >= 15 is 0 Å². The topological polar surface area (TPSA) is 82.4 Å². The zero-order valence-electron chi connectivity index (χ0n) is 15.8. The fourth-order valence-corrected chi connectivity index (χ4v) is 4.53. The predicted molar refractivity (Wildman–Crippen MR) is 115 cm³/mol. The molecule has 1 unspecified atom stereocenters. The molecule has 3 heterocycles. The quantitative estimate of drug-likeness (QED) is 0.458. The van der Waals surface area contributed by atoms with Crippen molar-refractivity contribution in [1.82, 2.24) is 14.9 Å². The Balaban J connectivity index is 1.66. The van der Waals surface area contributed by atoms with Crippen LogP contribution >= 0.6 is 22.9 Å². The van der Waals surface area contributed by atoms with Crippen molar-refractivity contribution in [3.05, 3.63) is 75.0 Å². The Morgan fingerprint density at radius 2 is 2.07 bits per heavy atom. The van der Waals surface area contributed by atoms with Gasteiger partial charge in [-0.15, -0.1) is 11.3 Å². The van der Waals surface area contributed by atoms with Gasteiger partial charge in [0.05, 0.1) is 30.8 Å². The number of fused-ring (bicyclic) bond motifs is 1. The molecule has 1 atom stereocenters. The highest BCUT2D eigenvalue weighted by Gasteiger charge is 2.17. The van der Waals surface area contributed by atoms with Crippen LogP contribution in [-0.4, -0.2) is 32.6 Å². The largest absolute Gasteiger partial charge is 0.468 e. The maximum atomic E-state index is 12.9. The molecule has 0 bridgehead atoms. The van der Waals surface area contributed by atoms with Gasteiger partial charge in [0, 0.05) is 28.1 Å². The number of hydrogen-bond acceptors (Lipinski definition) is 6. The maximum absolute atomic E-state index is 12.9. The normalized spacial score (nSPS) is 12.7.